The van der Waals surface area contributed by atoms with Crippen LogP contribution < -0.4 is 5.32 Å². The number of hydrogen-bond acceptors (Lipinski definition) is 7. The molecule has 1 aliphatic heterocycles. The molecule has 0 fully saturated rings. The van der Waals surface area contributed by atoms with Crippen molar-refractivity contribution in [3.8, 4) is 0 Å². The van der Waals surface area contributed by atoms with Gasteiger partial charge in [-0.3, -0.25) is 10.1 Å². The summed E-state index contributed by atoms with van der Waals surface area (Å²) in [5.41, 5.74) is 0.107. The van der Waals surface area contributed by atoms with Crippen molar-refractivity contribution in [3.05, 3.63) is 62.5 Å². The number of nitro groups is 1. The number of benzene rings is 1. The van der Waals surface area contributed by atoms with E-state index in [0.29, 0.717) is 12.1 Å². The van der Waals surface area contributed by atoms with E-state index in [2.05, 4.69) is 17.0 Å². The van der Waals surface area contributed by atoms with Crippen LogP contribution in [-0.2, 0) is 19.1 Å². The van der Waals surface area contributed by atoms with Gasteiger partial charge in [-0.1, -0.05) is 64.0 Å². The SMILES string of the molecule is CCCCCCCCCCOC(=O)C1=C(C)NC(C)=C(C(=O)OCC(F)(F)F)C1c1cccc([N+](=O)[O-])c1. The minimum absolute atomic E-state index is 0.0189. The Kier molecular flexibility index (Phi) is 11.8. The van der Waals surface area contributed by atoms with E-state index in [4.69, 9.17) is 4.74 Å². The summed E-state index contributed by atoms with van der Waals surface area (Å²) in [6.07, 6.45) is 3.62. The third kappa shape index (κ3) is 9.18. The van der Waals surface area contributed by atoms with Crippen LogP contribution in [0, 0.1) is 10.1 Å². The van der Waals surface area contributed by atoms with E-state index in [1.54, 1.807) is 6.92 Å². The predicted octanol–water partition coefficient (Wildman–Crippen LogP) is 6.62. The Hall–Kier alpha value is -3.37. The molecule has 210 valence electrons. The Morgan fingerprint density at radius 2 is 1.50 bits per heavy atom. The number of carbonyl (C=O) groups is 2. The van der Waals surface area contributed by atoms with Gasteiger partial charge >= 0.3 is 18.1 Å². The first kappa shape index (κ1) is 30.9. The number of ether oxygens (including phenoxy) is 2. The topological polar surface area (TPSA) is 108 Å². The molecule has 0 bridgehead atoms. The minimum atomic E-state index is -4.75. The zero-order valence-corrected chi connectivity index (χ0v) is 22.0. The number of nitrogens with one attached hydrogen (secondary N) is 1. The molecule has 1 unspecified atom stereocenters. The summed E-state index contributed by atoms with van der Waals surface area (Å²) in [5.74, 6) is -3.27. The zero-order chi connectivity index (χ0) is 28.3. The Morgan fingerprint density at radius 3 is 2.05 bits per heavy atom. The molecule has 0 saturated carbocycles. The largest absolute Gasteiger partial charge is 0.462 e. The second-order valence-electron chi connectivity index (χ2n) is 9.29. The minimum Gasteiger partial charge on any atom is -0.462 e. The van der Waals surface area contributed by atoms with Gasteiger partial charge in [-0.05, 0) is 25.8 Å². The van der Waals surface area contributed by atoms with Crippen LogP contribution in [0.4, 0.5) is 18.9 Å². The lowest BCUT2D eigenvalue weighted by Crippen LogP contribution is -2.33. The van der Waals surface area contributed by atoms with Crippen molar-refractivity contribution in [2.45, 2.75) is 84.2 Å². The van der Waals surface area contributed by atoms with E-state index >= 15 is 0 Å². The van der Waals surface area contributed by atoms with E-state index in [0.717, 1.165) is 25.7 Å². The number of nitro benzene ring substituents is 1. The fourth-order valence-electron chi connectivity index (χ4n) is 4.39. The average molecular weight is 541 g/mol. The number of alkyl halides is 3. The van der Waals surface area contributed by atoms with Crippen LogP contribution in [0.15, 0.2) is 46.8 Å². The van der Waals surface area contributed by atoms with E-state index in [1.807, 2.05) is 0 Å². The number of hydrogen-bond donors (Lipinski definition) is 1. The lowest BCUT2D eigenvalue weighted by molar-refractivity contribution is -0.384. The van der Waals surface area contributed by atoms with Gasteiger partial charge in [-0.2, -0.15) is 13.2 Å². The molecule has 1 atom stereocenters. The maximum absolute atomic E-state index is 13.2. The molecule has 0 spiro atoms. The summed E-state index contributed by atoms with van der Waals surface area (Å²) in [6, 6.07) is 5.26. The van der Waals surface area contributed by atoms with E-state index in [1.165, 1.54) is 50.5 Å². The smallest absolute Gasteiger partial charge is 0.422 e. The summed E-state index contributed by atoms with van der Waals surface area (Å²) in [7, 11) is 0. The Balaban J connectivity index is 2.25. The van der Waals surface area contributed by atoms with Gasteiger partial charge in [0.15, 0.2) is 6.61 Å². The number of allylic oxidation sites excluding steroid dienone is 2. The van der Waals surface area contributed by atoms with Gasteiger partial charge in [0.2, 0.25) is 0 Å². The summed E-state index contributed by atoms with van der Waals surface area (Å²) < 4.78 is 48.2. The first-order chi connectivity index (χ1) is 18.0. The lowest BCUT2D eigenvalue weighted by Gasteiger charge is -2.30. The number of esters is 2. The average Bonchev–Trinajstić information content (AvgIpc) is 2.85. The molecule has 1 heterocycles. The normalized spacial score (nSPS) is 15.8. The van der Waals surface area contributed by atoms with Gasteiger partial charge in [0, 0.05) is 23.5 Å². The number of unbranched alkanes of at least 4 members (excludes halogenated alkanes) is 7. The fourth-order valence-corrected chi connectivity index (χ4v) is 4.39. The molecule has 0 aromatic heterocycles. The molecule has 0 radical (unpaired) electrons. The number of nitrogens with zero attached hydrogens (tertiary/aromatic N) is 1. The van der Waals surface area contributed by atoms with Crippen molar-refractivity contribution < 1.29 is 37.2 Å². The molecule has 0 amide bonds. The standard InChI is InChI=1S/C27H35F3N2O6/c1-4-5-6-7-8-9-10-11-15-37-25(33)22-18(2)31-19(3)23(26(34)38-17-27(28,29)30)24(22)20-13-12-14-21(16-20)32(35)36/h12-14,16,24,31H,4-11,15,17H2,1-3H3. The van der Waals surface area contributed by atoms with Gasteiger partial charge in [-0.15, -0.1) is 0 Å². The summed E-state index contributed by atoms with van der Waals surface area (Å²) in [5, 5.41) is 14.2. The monoisotopic (exact) mass is 540 g/mol. The third-order valence-electron chi connectivity index (χ3n) is 6.21. The second-order valence-corrected chi connectivity index (χ2v) is 9.29. The van der Waals surface area contributed by atoms with Crippen molar-refractivity contribution >= 4 is 17.6 Å². The van der Waals surface area contributed by atoms with Crippen LogP contribution in [0.25, 0.3) is 0 Å². The summed E-state index contributed by atoms with van der Waals surface area (Å²) in [6.45, 7) is 3.50. The number of halogens is 3. The quantitative estimate of drug-likeness (QED) is 0.122. The van der Waals surface area contributed by atoms with Crippen LogP contribution in [-0.4, -0.2) is 36.3 Å². The van der Waals surface area contributed by atoms with Crippen molar-refractivity contribution in [3.63, 3.8) is 0 Å². The molecular weight excluding hydrogens is 505 g/mol. The maximum atomic E-state index is 13.2. The van der Waals surface area contributed by atoms with Gasteiger partial charge < -0.3 is 14.8 Å². The van der Waals surface area contributed by atoms with Gasteiger partial charge in [0.25, 0.3) is 5.69 Å². The van der Waals surface area contributed by atoms with E-state index < -0.39 is 35.6 Å². The molecule has 38 heavy (non-hydrogen) atoms. The predicted molar refractivity (Wildman–Crippen MR) is 135 cm³/mol. The molecule has 1 aromatic carbocycles. The Labute approximate surface area is 220 Å². The second kappa shape index (κ2) is 14.5. The van der Waals surface area contributed by atoms with Crippen LogP contribution >= 0.6 is 0 Å². The first-order valence-electron chi connectivity index (χ1n) is 12.8. The van der Waals surface area contributed by atoms with Crippen molar-refractivity contribution in [1.29, 1.82) is 0 Å². The lowest BCUT2D eigenvalue weighted by atomic mass is 9.80. The molecule has 0 aliphatic carbocycles. The van der Waals surface area contributed by atoms with Gasteiger partial charge in [0.1, 0.15) is 0 Å². The van der Waals surface area contributed by atoms with Crippen molar-refractivity contribution in [2.75, 3.05) is 13.2 Å². The molecule has 0 saturated heterocycles. The Bertz CT molecular complexity index is 1070. The maximum Gasteiger partial charge on any atom is 0.422 e. The summed E-state index contributed by atoms with van der Waals surface area (Å²) in [4.78, 5) is 36.8. The van der Waals surface area contributed by atoms with Crippen LogP contribution in [0.1, 0.15) is 83.6 Å². The molecule has 1 aliphatic rings. The molecular formula is C27H35F3N2O6. The number of dihydropyridines is 1. The van der Waals surface area contributed by atoms with Crippen LogP contribution in [0.3, 0.4) is 0 Å². The number of rotatable bonds is 14. The van der Waals surface area contributed by atoms with Crippen molar-refractivity contribution in [2.24, 2.45) is 0 Å². The van der Waals surface area contributed by atoms with Crippen LogP contribution in [0.5, 0.6) is 0 Å². The molecule has 8 nitrogen and oxygen atoms in total. The number of non-ortho nitro benzene ring substituents is 1. The highest BCUT2D eigenvalue weighted by Gasteiger charge is 2.40. The van der Waals surface area contributed by atoms with Crippen LogP contribution in [0.2, 0.25) is 0 Å². The molecule has 1 aromatic rings. The first-order valence-corrected chi connectivity index (χ1v) is 12.8. The summed E-state index contributed by atoms with van der Waals surface area (Å²) >= 11 is 0. The highest BCUT2D eigenvalue weighted by Crippen LogP contribution is 2.40. The zero-order valence-electron chi connectivity index (χ0n) is 22.0. The highest BCUT2D eigenvalue weighted by atomic mass is 19.4. The van der Waals surface area contributed by atoms with Crippen molar-refractivity contribution in [1.82, 2.24) is 5.32 Å². The third-order valence-corrected chi connectivity index (χ3v) is 6.21. The molecule has 2 rings (SSSR count). The number of carbonyl (C=O) groups excluding carboxylic acids is 2. The fraction of sp³-hybridized carbons (Fsp3) is 0.556. The molecule has 11 heteroatoms. The highest BCUT2D eigenvalue weighted by molar-refractivity contribution is 6.00. The van der Waals surface area contributed by atoms with E-state index in [-0.39, 0.29) is 34.7 Å². The van der Waals surface area contributed by atoms with E-state index in [9.17, 15) is 32.9 Å². The molecule has 1 N–H and O–H groups in total. The van der Waals surface area contributed by atoms with Gasteiger partial charge in [0.05, 0.1) is 28.6 Å². The Morgan fingerprint density at radius 1 is 0.947 bits per heavy atom. The van der Waals surface area contributed by atoms with Gasteiger partial charge in [-0.25, -0.2) is 9.59 Å².